The van der Waals surface area contributed by atoms with Gasteiger partial charge in [0.1, 0.15) is 5.41 Å². The van der Waals surface area contributed by atoms with E-state index in [1.165, 1.54) is 0 Å². The molecule has 0 aliphatic heterocycles. The van der Waals surface area contributed by atoms with Gasteiger partial charge in [-0.05, 0) is 50.9 Å². The Bertz CT molecular complexity index is 385. The average Bonchev–Trinajstić information content (AvgIpc) is 2.33. The van der Waals surface area contributed by atoms with Crippen LogP contribution in [0.1, 0.15) is 59.8 Å². The fraction of sp³-hybridized carbons (Fsp3) is 0.875. The first-order valence-electron chi connectivity index (χ1n) is 7.85. The number of carbonyl (C=O) groups is 2. The summed E-state index contributed by atoms with van der Waals surface area (Å²) in [7, 11) is 0. The van der Waals surface area contributed by atoms with E-state index in [2.05, 4.69) is 13.8 Å². The average molecular weight is 298 g/mol. The van der Waals surface area contributed by atoms with Crippen LogP contribution in [0.3, 0.4) is 0 Å². The van der Waals surface area contributed by atoms with E-state index in [9.17, 15) is 14.7 Å². The van der Waals surface area contributed by atoms with Crippen molar-refractivity contribution in [2.24, 2.45) is 34.6 Å². The lowest BCUT2D eigenvalue weighted by Gasteiger charge is -2.47. The van der Waals surface area contributed by atoms with Crippen LogP contribution in [0.15, 0.2) is 0 Å². The van der Waals surface area contributed by atoms with Crippen LogP contribution in [0.25, 0.3) is 0 Å². The van der Waals surface area contributed by atoms with Gasteiger partial charge in [-0.3, -0.25) is 9.59 Å². The molecule has 0 bridgehead atoms. The number of hydrogen-bond donors (Lipinski definition) is 3. The molecular weight excluding hydrogens is 268 g/mol. The minimum Gasteiger partial charge on any atom is -0.390 e. The van der Waals surface area contributed by atoms with Gasteiger partial charge in [-0.2, -0.15) is 0 Å². The van der Waals surface area contributed by atoms with Gasteiger partial charge in [0.15, 0.2) is 0 Å². The van der Waals surface area contributed by atoms with Gasteiger partial charge in [0.05, 0.1) is 5.60 Å². The molecule has 1 saturated carbocycles. The molecule has 5 heteroatoms. The Labute approximate surface area is 127 Å². The van der Waals surface area contributed by atoms with Crippen molar-refractivity contribution in [3.63, 3.8) is 0 Å². The van der Waals surface area contributed by atoms with Gasteiger partial charge in [0, 0.05) is 0 Å². The Kier molecular flexibility index (Phi) is 5.42. The maximum Gasteiger partial charge on any atom is 0.233 e. The number of hydrogen-bond acceptors (Lipinski definition) is 3. The smallest absolute Gasteiger partial charge is 0.233 e. The number of nitrogens with two attached hydrogens (primary N) is 2. The minimum absolute atomic E-state index is 0.183. The topological polar surface area (TPSA) is 106 Å². The predicted molar refractivity (Wildman–Crippen MR) is 82.0 cm³/mol. The molecular formula is C16H30N2O3. The van der Waals surface area contributed by atoms with Crippen molar-refractivity contribution in [3.05, 3.63) is 0 Å². The maximum atomic E-state index is 12.1. The molecule has 0 saturated heterocycles. The highest BCUT2D eigenvalue weighted by molar-refractivity contribution is 6.04. The molecule has 0 aromatic heterocycles. The summed E-state index contributed by atoms with van der Waals surface area (Å²) >= 11 is 0. The van der Waals surface area contributed by atoms with Crippen molar-refractivity contribution in [2.45, 2.75) is 65.4 Å². The Morgan fingerprint density at radius 1 is 1.24 bits per heavy atom. The van der Waals surface area contributed by atoms with Crippen LogP contribution >= 0.6 is 0 Å². The van der Waals surface area contributed by atoms with Crippen LogP contribution in [0.4, 0.5) is 0 Å². The summed E-state index contributed by atoms with van der Waals surface area (Å²) in [6.45, 7) is 7.61. The third-order valence-corrected chi connectivity index (χ3v) is 4.97. The van der Waals surface area contributed by atoms with Gasteiger partial charge < -0.3 is 16.6 Å². The van der Waals surface area contributed by atoms with Crippen molar-refractivity contribution in [2.75, 3.05) is 0 Å². The molecule has 1 aliphatic carbocycles. The normalized spacial score (nSPS) is 23.8. The van der Waals surface area contributed by atoms with E-state index >= 15 is 0 Å². The third kappa shape index (κ3) is 3.57. The maximum absolute atomic E-state index is 12.1. The summed E-state index contributed by atoms with van der Waals surface area (Å²) in [6, 6.07) is 0. The molecule has 0 heterocycles. The highest BCUT2D eigenvalue weighted by atomic mass is 16.3. The second-order valence-corrected chi connectivity index (χ2v) is 7.44. The zero-order valence-electron chi connectivity index (χ0n) is 13.7. The Balaban J connectivity index is 3.30. The molecule has 0 aromatic rings. The van der Waals surface area contributed by atoms with Crippen molar-refractivity contribution in [1.82, 2.24) is 0 Å². The number of aliphatic hydroxyl groups is 1. The summed E-state index contributed by atoms with van der Waals surface area (Å²) in [5.74, 6) is -1.40. The summed E-state index contributed by atoms with van der Waals surface area (Å²) in [5.41, 5.74) is 8.86. The highest BCUT2D eigenvalue weighted by Crippen LogP contribution is 2.49. The minimum atomic E-state index is -1.32. The lowest BCUT2D eigenvalue weighted by atomic mass is 9.57. The van der Waals surface area contributed by atoms with Gasteiger partial charge in [-0.25, -0.2) is 0 Å². The summed E-state index contributed by atoms with van der Waals surface area (Å²) in [4.78, 5) is 24.2. The molecule has 0 aromatic carbocycles. The van der Waals surface area contributed by atoms with Crippen LogP contribution in [-0.4, -0.2) is 22.5 Å². The molecule has 2 atom stereocenters. The van der Waals surface area contributed by atoms with E-state index < -0.39 is 22.8 Å². The van der Waals surface area contributed by atoms with Crippen molar-refractivity contribution in [1.29, 1.82) is 0 Å². The Morgan fingerprint density at radius 2 is 1.76 bits per heavy atom. The monoisotopic (exact) mass is 298 g/mol. The zero-order valence-corrected chi connectivity index (χ0v) is 13.7. The van der Waals surface area contributed by atoms with Gasteiger partial charge in [0.25, 0.3) is 0 Å². The number of primary amides is 2. The first-order chi connectivity index (χ1) is 9.53. The summed E-state index contributed by atoms with van der Waals surface area (Å²) < 4.78 is 0. The second kappa shape index (κ2) is 6.34. The molecule has 122 valence electrons. The Morgan fingerprint density at radius 3 is 2.14 bits per heavy atom. The van der Waals surface area contributed by atoms with Crippen LogP contribution in [0, 0.1) is 23.2 Å². The Hall–Kier alpha value is -1.10. The molecule has 0 radical (unpaired) electrons. The zero-order chi connectivity index (χ0) is 16.4. The van der Waals surface area contributed by atoms with Crippen LogP contribution in [-0.2, 0) is 9.59 Å². The molecule has 5 nitrogen and oxygen atoms in total. The predicted octanol–water partition coefficient (Wildman–Crippen LogP) is 1.57. The largest absolute Gasteiger partial charge is 0.390 e. The van der Waals surface area contributed by atoms with Crippen LogP contribution in [0.5, 0.6) is 0 Å². The molecule has 1 fully saturated rings. The summed E-state index contributed by atoms with van der Waals surface area (Å²) in [5, 5.41) is 10.6. The van der Waals surface area contributed by atoms with Crippen molar-refractivity contribution >= 4 is 11.8 Å². The number of carbonyl (C=O) groups excluding carboxylic acids is 2. The van der Waals surface area contributed by atoms with E-state index in [1.807, 2.05) is 0 Å². The van der Waals surface area contributed by atoms with Crippen LogP contribution < -0.4 is 11.5 Å². The molecule has 0 spiro atoms. The van der Waals surface area contributed by atoms with Crippen molar-refractivity contribution in [3.8, 4) is 0 Å². The molecule has 1 unspecified atom stereocenters. The first kappa shape index (κ1) is 18.0. The van der Waals surface area contributed by atoms with E-state index in [1.54, 1.807) is 13.8 Å². The molecule has 21 heavy (non-hydrogen) atoms. The SMILES string of the molecule is CC(C)C[C@H](C1CCCCC1(C(N)=O)C(N)=O)C(C)(C)O. The molecule has 5 N–H and O–H groups in total. The van der Waals surface area contributed by atoms with E-state index in [0.29, 0.717) is 18.8 Å². The number of amides is 2. The van der Waals surface area contributed by atoms with E-state index in [0.717, 1.165) is 19.3 Å². The number of rotatable bonds is 6. The van der Waals surface area contributed by atoms with E-state index in [4.69, 9.17) is 11.5 Å². The van der Waals surface area contributed by atoms with E-state index in [-0.39, 0.29) is 11.8 Å². The lowest BCUT2D eigenvalue weighted by molar-refractivity contribution is -0.153. The van der Waals surface area contributed by atoms with Crippen molar-refractivity contribution < 1.29 is 14.7 Å². The first-order valence-corrected chi connectivity index (χ1v) is 7.85. The second-order valence-electron chi connectivity index (χ2n) is 7.44. The fourth-order valence-electron chi connectivity index (χ4n) is 3.93. The van der Waals surface area contributed by atoms with Gasteiger partial charge in [-0.1, -0.05) is 26.7 Å². The molecule has 2 amide bonds. The fourth-order valence-corrected chi connectivity index (χ4v) is 3.93. The standard InChI is InChI=1S/C16H30N2O3/c1-10(2)9-12(15(3,4)21)11-7-5-6-8-16(11,13(17)19)14(18)20/h10-12,21H,5-9H2,1-4H3,(H2,17,19)(H2,18,20)/t11?,12-/m1/s1. The van der Waals surface area contributed by atoms with Gasteiger partial charge >= 0.3 is 0 Å². The summed E-state index contributed by atoms with van der Waals surface area (Å²) in [6.07, 6.45) is 3.52. The lowest BCUT2D eigenvalue weighted by Crippen LogP contribution is -2.58. The third-order valence-electron chi connectivity index (χ3n) is 4.97. The molecule has 1 aliphatic rings. The van der Waals surface area contributed by atoms with Crippen LogP contribution in [0.2, 0.25) is 0 Å². The van der Waals surface area contributed by atoms with Gasteiger partial charge in [0.2, 0.25) is 11.8 Å². The van der Waals surface area contributed by atoms with Gasteiger partial charge in [-0.15, -0.1) is 0 Å². The molecule has 1 rings (SSSR count). The quantitative estimate of drug-likeness (QED) is 0.648. The highest BCUT2D eigenvalue weighted by Gasteiger charge is 2.55.